The summed E-state index contributed by atoms with van der Waals surface area (Å²) < 4.78 is 0. The zero-order valence-electron chi connectivity index (χ0n) is 13.4. The van der Waals surface area contributed by atoms with E-state index in [4.69, 9.17) is 0 Å². The molecular weight excluding hydrogens is 326 g/mol. The Hall–Kier alpha value is -2.28. The minimum atomic E-state index is -0.238. The molecule has 3 rings (SSSR count). The van der Waals surface area contributed by atoms with Crippen LogP contribution in [0, 0.1) is 0 Å². The molecule has 1 aromatic heterocycles. The highest BCUT2D eigenvalue weighted by Crippen LogP contribution is 2.22. The monoisotopic (exact) mass is 345 g/mol. The highest BCUT2D eigenvalue weighted by Gasteiger charge is 2.29. The molecule has 0 atom stereocenters. The molecule has 24 heavy (non-hydrogen) atoms. The molecule has 2 heterocycles. The fourth-order valence-electron chi connectivity index (χ4n) is 2.86. The van der Waals surface area contributed by atoms with Gasteiger partial charge in [-0.25, -0.2) is 0 Å². The van der Waals surface area contributed by atoms with Crippen LogP contribution in [0.1, 0.15) is 18.1 Å². The Morgan fingerprint density at radius 2 is 2.17 bits per heavy atom. The first-order valence-electron chi connectivity index (χ1n) is 7.91. The summed E-state index contributed by atoms with van der Waals surface area (Å²) in [6.07, 6.45) is 3.07. The van der Waals surface area contributed by atoms with E-state index in [1.807, 2.05) is 18.3 Å². The van der Waals surface area contributed by atoms with Crippen LogP contribution in [-0.2, 0) is 22.4 Å². The van der Waals surface area contributed by atoms with E-state index in [0.29, 0.717) is 0 Å². The van der Waals surface area contributed by atoms with Gasteiger partial charge >= 0.3 is 0 Å². The van der Waals surface area contributed by atoms with E-state index in [9.17, 15) is 14.4 Å². The first kappa shape index (κ1) is 16.6. The number of amides is 3. The zero-order valence-corrected chi connectivity index (χ0v) is 14.2. The van der Waals surface area contributed by atoms with E-state index < -0.39 is 0 Å². The molecule has 3 amide bonds. The quantitative estimate of drug-likeness (QED) is 0.840. The van der Waals surface area contributed by atoms with Gasteiger partial charge in [0.2, 0.25) is 11.8 Å². The van der Waals surface area contributed by atoms with Crippen molar-refractivity contribution in [3.63, 3.8) is 0 Å². The molecule has 0 spiro atoms. The first-order valence-corrected chi connectivity index (χ1v) is 8.90. The molecule has 7 heteroatoms. The molecule has 1 aliphatic heterocycles. The predicted molar refractivity (Wildman–Crippen MR) is 94.0 cm³/mol. The van der Waals surface area contributed by atoms with Gasteiger partial charge in [-0.1, -0.05) is 36.9 Å². The lowest BCUT2D eigenvalue weighted by molar-refractivity contribution is -0.125. The van der Waals surface area contributed by atoms with E-state index in [-0.39, 0.29) is 42.3 Å². The van der Waals surface area contributed by atoms with Crippen LogP contribution in [0.5, 0.6) is 0 Å². The maximum absolute atomic E-state index is 12.1. The van der Waals surface area contributed by atoms with Gasteiger partial charge in [0.05, 0.1) is 12.2 Å². The van der Waals surface area contributed by atoms with Crippen molar-refractivity contribution in [1.29, 1.82) is 0 Å². The normalized spacial score (nSPS) is 14.6. The summed E-state index contributed by atoms with van der Waals surface area (Å²) in [6, 6.07) is 6.08. The summed E-state index contributed by atoms with van der Waals surface area (Å²) in [6.45, 7) is 2.60. The van der Waals surface area contributed by atoms with Crippen LogP contribution in [0.4, 0.5) is 4.79 Å². The highest BCUT2D eigenvalue weighted by molar-refractivity contribution is 8.14. The number of benzene rings is 1. The Bertz CT molecular complexity index is 783. The van der Waals surface area contributed by atoms with Gasteiger partial charge in [-0.3, -0.25) is 19.3 Å². The van der Waals surface area contributed by atoms with E-state index in [0.717, 1.165) is 34.6 Å². The third-order valence-corrected chi connectivity index (χ3v) is 4.98. The van der Waals surface area contributed by atoms with E-state index in [1.54, 1.807) is 0 Å². The molecule has 0 bridgehead atoms. The van der Waals surface area contributed by atoms with Crippen molar-refractivity contribution in [2.45, 2.75) is 19.8 Å². The summed E-state index contributed by atoms with van der Waals surface area (Å²) in [5, 5.41) is 3.60. The minimum absolute atomic E-state index is 0.121. The molecule has 126 valence electrons. The van der Waals surface area contributed by atoms with Crippen molar-refractivity contribution >= 4 is 39.7 Å². The number of rotatable bonds is 6. The summed E-state index contributed by atoms with van der Waals surface area (Å²) in [5.74, 6) is -0.116. The number of aromatic nitrogens is 1. The Balaban J connectivity index is 1.57. The van der Waals surface area contributed by atoms with Crippen LogP contribution in [0.25, 0.3) is 10.9 Å². The van der Waals surface area contributed by atoms with Crippen molar-refractivity contribution < 1.29 is 14.4 Å². The number of fused-ring (bicyclic) bond motifs is 1. The number of para-hydroxylation sites is 1. The maximum atomic E-state index is 12.1. The number of imide groups is 1. The molecular formula is C17H19N3O3S. The second kappa shape index (κ2) is 7.09. The minimum Gasteiger partial charge on any atom is -0.361 e. The number of nitrogens with zero attached hydrogens (tertiary/aromatic N) is 1. The number of aryl methyl sites for hydroxylation is 1. The summed E-state index contributed by atoms with van der Waals surface area (Å²) in [4.78, 5) is 39.5. The maximum Gasteiger partial charge on any atom is 0.288 e. The molecule has 2 aromatic rings. The number of hydrogen-bond donors (Lipinski definition) is 2. The van der Waals surface area contributed by atoms with Crippen molar-refractivity contribution in [1.82, 2.24) is 15.2 Å². The van der Waals surface area contributed by atoms with Gasteiger partial charge < -0.3 is 10.3 Å². The third kappa shape index (κ3) is 3.31. The number of carbonyl (C=O) groups excluding carboxylic acids is 3. The van der Waals surface area contributed by atoms with E-state index in [2.05, 4.69) is 23.3 Å². The smallest absolute Gasteiger partial charge is 0.288 e. The van der Waals surface area contributed by atoms with E-state index >= 15 is 0 Å². The number of thioether (sulfide) groups is 1. The Kier molecular flexibility index (Phi) is 4.89. The standard InChI is InChI=1S/C17H19N3O3S/c1-2-11-4-3-5-13-12(9-19-16(11)13)8-14(21)18-6-7-20-15(22)10-24-17(20)23/h3-5,9,19H,2,6-8,10H2,1H3,(H,18,21). The van der Waals surface area contributed by atoms with Crippen molar-refractivity contribution in [2.75, 3.05) is 18.8 Å². The topological polar surface area (TPSA) is 82.3 Å². The first-order chi connectivity index (χ1) is 11.6. The molecule has 1 fully saturated rings. The van der Waals surface area contributed by atoms with Crippen LogP contribution < -0.4 is 5.32 Å². The number of aromatic amines is 1. The number of nitrogens with one attached hydrogen (secondary N) is 2. The largest absolute Gasteiger partial charge is 0.361 e. The molecule has 6 nitrogen and oxygen atoms in total. The molecule has 1 saturated heterocycles. The van der Waals surface area contributed by atoms with Gasteiger partial charge in [0.25, 0.3) is 5.24 Å². The summed E-state index contributed by atoms with van der Waals surface area (Å²) in [5.41, 5.74) is 3.25. The average Bonchev–Trinajstić information content (AvgIpc) is 3.12. The Morgan fingerprint density at radius 1 is 1.33 bits per heavy atom. The number of carbonyl (C=O) groups is 3. The predicted octanol–water partition coefficient (Wildman–Crippen LogP) is 2.08. The molecule has 0 aliphatic carbocycles. The fourth-order valence-corrected chi connectivity index (χ4v) is 3.61. The van der Waals surface area contributed by atoms with Crippen LogP contribution >= 0.6 is 11.8 Å². The average molecular weight is 345 g/mol. The molecule has 1 aromatic carbocycles. The van der Waals surface area contributed by atoms with Gasteiger partial charge in [0, 0.05) is 30.2 Å². The lowest BCUT2D eigenvalue weighted by atomic mass is 10.1. The molecule has 2 N–H and O–H groups in total. The molecule has 0 unspecified atom stereocenters. The Labute approximate surface area is 144 Å². The molecule has 0 radical (unpaired) electrons. The zero-order chi connectivity index (χ0) is 17.1. The van der Waals surface area contributed by atoms with E-state index in [1.165, 1.54) is 10.5 Å². The van der Waals surface area contributed by atoms with Crippen LogP contribution in [0.15, 0.2) is 24.4 Å². The molecule has 1 aliphatic rings. The van der Waals surface area contributed by atoms with Gasteiger partial charge in [-0.15, -0.1) is 0 Å². The lowest BCUT2D eigenvalue weighted by Crippen LogP contribution is -2.37. The van der Waals surface area contributed by atoms with Crippen molar-refractivity contribution in [2.24, 2.45) is 0 Å². The van der Waals surface area contributed by atoms with Crippen molar-refractivity contribution in [3.05, 3.63) is 35.5 Å². The second-order valence-corrected chi connectivity index (χ2v) is 6.56. The number of hydrogen-bond acceptors (Lipinski definition) is 4. The van der Waals surface area contributed by atoms with Crippen LogP contribution in [-0.4, -0.2) is 45.8 Å². The van der Waals surface area contributed by atoms with Gasteiger partial charge in [0.15, 0.2) is 0 Å². The SMILES string of the molecule is CCc1cccc2c(CC(=O)NCCN3C(=O)CSC3=O)c[nH]c12. The second-order valence-electron chi connectivity index (χ2n) is 5.63. The fraction of sp³-hybridized carbons (Fsp3) is 0.353. The summed E-state index contributed by atoms with van der Waals surface area (Å²) in [7, 11) is 0. The number of H-pyrrole nitrogens is 1. The van der Waals surface area contributed by atoms with Gasteiger partial charge in [0.1, 0.15) is 0 Å². The summed E-state index contributed by atoms with van der Waals surface area (Å²) >= 11 is 1.00. The van der Waals surface area contributed by atoms with Gasteiger partial charge in [-0.05, 0) is 17.5 Å². The van der Waals surface area contributed by atoms with Crippen LogP contribution in [0.3, 0.4) is 0 Å². The van der Waals surface area contributed by atoms with Crippen LogP contribution in [0.2, 0.25) is 0 Å². The third-order valence-electron chi connectivity index (χ3n) is 4.12. The van der Waals surface area contributed by atoms with Gasteiger partial charge in [-0.2, -0.15) is 0 Å². The molecule has 0 saturated carbocycles. The lowest BCUT2D eigenvalue weighted by Gasteiger charge is -2.13. The van der Waals surface area contributed by atoms with Crippen molar-refractivity contribution in [3.8, 4) is 0 Å². The highest BCUT2D eigenvalue weighted by atomic mass is 32.2. The Morgan fingerprint density at radius 3 is 2.88 bits per heavy atom.